The second-order valence-corrected chi connectivity index (χ2v) is 3.23. The fourth-order valence-corrected chi connectivity index (χ4v) is 1.27. The Labute approximate surface area is 94.6 Å². The van der Waals surface area contributed by atoms with Gasteiger partial charge >= 0.3 is 0 Å². The zero-order valence-electron chi connectivity index (χ0n) is 9.62. The van der Waals surface area contributed by atoms with E-state index in [1.807, 2.05) is 6.92 Å². The summed E-state index contributed by atoms with van der Waals surface area (Å²) in [4.78, 5) is 0. The number of methoxy groups -OCH3 is 1. The van der Waals surface area contributed by atoms with Crippen molar-refractivity contribution in [1.82, 2.24) is 4.57 Å². The molecule has 0 bridgehead atoms. The number of aromatic nitrogens is 1. The summed E-state index contributed by atoms with van der Waals surface area (Å²) in [5.74, 6) is 0.856. The summed E-state index contributed by atoms with van der Waals surface area (Å²) >= 11 is 0. The van der Waals surface area contributed by atoms with E-state index in [2.05, 4.69) is 0 Å². The van der Waals surface area contributed by atoms with Crippen molar-refractivity contribution < 1.29 is 9.47 Å². The molecule has 88 valence electrons. The molecule has 1 heterocycles. The van der Waals surface area contributed by atoms with E-state index < -0.39 is 0 Å². The molecule has 0 aliphatic heterocycles. The van der Waals surface area contributed by atoms with E-state index in [0.29, 0.717) is 31.4 Å². The van der Waals surface area contributed by atoms with Gasteiger partial charge in [0, 0.05) is 13.5 Å². The van der Waals surface area contributed by atoms with Crippen molar-refractivity contribution in [2.75, 3.05) is 20.3 Å². The molecule has 0 amide bonds. The molecule has 1 aromatic rings. The van der Waals surface area contributed by atoms with Gasteiger partial charge in [-0.1, -0.05) is 13.0 Å². The maximum atomic E-state index is 7.77. The number of nitrogens with one attached hydrogen (secondary N) is 2. The first kappa shape index (κ1) is 12.4. The molecule has 16 heavy (non-hydrogen) atoms. The molecule has 0 aliphatic rings. The van der Waals surface area contributed by atoms with Crippen molar-refractivity contribution >= 4 is 5.84 Å². The van der Waals surface area contributed by atoms with Gasteiger partial charge in [-0.3, -0.25) is 15.4 Å². The van der Waals surface area contributed by atoms with Crippen LogP contribution in [0.15, 0.2) is 18.2 Å². The summed E-state index contributed by atoms with van der Waals surface area (Å²) in [6.07, 6.45) is 0.557. The average molecular weight is 223 g/mol. The zero-order valence-corrected chi connectivity index (χ0v) is 9.62. The average Bonchev–Trinajstić information content (AvgIpc) is 2.29. The third-order valence-corrected chi connectivity index (χ3v) is 2.10. The van der Waals surface area contributed by atoms with E-state index in [-0.39, 0.29) is 5.49 Å². The molecule has 1 aromatic heterocycles. The van der Waals surface area contributed by atoms with Crippen LogP contribution in [0.2, 0.25) is 0 Å². The molecule has 1 rings (SSSR count). The second-order valence-electron chi connectivity index (χ2n) is 3.23. The molecule has 0 atom stereocenters. The standard InChI is InChI=1S/C11H17N3O2/c1-3-9(12)14-10(13)5-4-6-11(14)16-8-7-15-2/h4-6,12-13H,3,7-8H2,1-2H3. The molecule has 0 fully saturated rings. The van der Waals surface area contributed by atoms with Gasteiger partial charge in [-0.2, -0.15) is 0 Å². The quantitative estimate of drug-likeness (QED) is 0.447. The normalized spacial score (nSPS) is 10.1. The Hall–Kier alpha value is -1.62. The summed E-state index contributed by atoms with van der Waals surface area (Å²) < 4.78 is 11.8. The molecule has 0 aliphatic carbocycles. The van der Waals surface area contributed by atoms with Gasteiger partial charge in [0.25, 0.3) is 0 Å². The van der Waals surface area contributed by atoms with Crippen molar-refractivity contribution in [3.8, 4) is 5.88 Å². The van der Waals surface area contributed by atoms with Gasteiger partial charge in [-0.05, 0) is 12.1 Å². The second kappa shape index (κ2) is 6.07. The first-order valence-corrected chi connectivity index (χ1v) is 5.17. The Morgan fingerprint density at radius 3 is 2.75 bits per heavy atom. The summed E-state index contributed by atoms with van der Waals surface area (Å²) in [7, 11) is 1.60. The largest absolute Gasteiger partial charge is 0.476 e. The van der Waals surface area contributed by atoms with Gasteiger partial charge in [0.2, 0.25) is 5.88 Å². The molecular formula is C11H17N3O2. The maximum absolute atomic E-state index is 7.77. The van der Waals surface area contributed by atoms with Crippen molar-refractivity contribution in [2.24, 2.45) is 0 Å². The highest BCUT2D eigenvalue weighted by atomic mass is 16.5. The minimum atomic E-state index is 0.252. The first-order valence-electron chi connectivity index (χ1n) is 5.17. The Balaban J connectivity index is 2.94. The van der Waals surface area contributed by atoms with E-state index in [0.717, 1.165) is 0 Å². The lowest BCUT2D eigenvalue weighted by atomic mass is 10.4. The summed E-state index contributed by atoms with van der Waals surface area (Å²) in [6.45, 7) is 2.78. The van der Waals surface area contributed by atoms with Crippen LogP contribution >= 0.6 is 0 Å². The maximum Gasteiger partial charge on any atom is 0.200 e. The number of pyridine rings is 1. The Morgan fingerprint density at radius 2 is 2.12 bits per heavy atom. The van der Waals surface area contributed by atoms with Gasteiger partial charge in [0.1, 0.15) is 17.9 Å². The third-order valence-electron chi connectivity index (χ3n) is 2.10. The molecule has 0 spiro atoms. The number of ether oxygens (including phenoxy) is 2. The predicted molar refractivity (Wildman–Crippen MR) is 61.1 cm³/mol. The summed E-state index contributed by atoms with van der Waals surface area (Å²) in [5, 5.41) is 15.5. The number of rotatable bonds is 5. The van der Waals surface area contributed by atoms with Crippen LogP contribution in [-0.2, 0) is 4.74 Å². The molecule has 0 saturated heterocycles. The lowest BCUT2D eigenvalue weighted by Crippen LogP contribution is -2.27. The van der Waals surface area contributed by atoms with Crippen LogP contribution in [-0.4, -0.2) is 30.7 Å². The van der Waals surface area contributed by atoms with Crippen LogP contribution in [0.4, 0.5) is 0 Å². The van der Waals surface area contributed by atoms with Gasteiger partial charge in [-0.15, -0.1) is 0 Å². The molecule has 0 aromatic carbocycles. The zero-order chi connectivity index (χ0) is 12.0. The van der Waals surface area contributed by atoms with Crippen molar-refractivity contribution in [3.63, 3.8) is 0 Å². The molecule has 5 nitrogen and oxygen atoms in total. The van der Waals surface area contributed by atoms with E-state index in [9.17, 15) is 0 Å². The first-order chi connectivity index (χ1) is 7.70. The van der Waals surface area contributed by atoms with Gasteiger partial charge in [-0.25, -0.2) is 0 Å². The van der Waals surface area contributed by atoms with Crippen LogP contribution in [0.5, 0.6) is 5.88 Å². The summed E-state index contributed by atoms with van der Waals surface area (Å²) in [6, 6.07) is 5.12. The van der Waals surface area contributed by atoms with E-state index >= 15 is 0 Å². The highest BCUT2D eigenvalue weighted by Crippen LogP contribution is 2.07. The molecule has 2 N–H and O–H groups in total. The van der Waals surface area contributed by atoms with Crippen LogP contribution in [0, 0.1) is 10.8 Å². The third kappa shape index (κ3) is 2.93. The van der Waals surface area contributed by atoms with E-state index in [4.69, 9.17) is 20.3 Å². The van der Waals surface area contributed by atoms with Crippen molar-refractivity contribution in [3.05, 3.63) is 23.7 Å². The fraction of sp³-hybridized carbons (Fsp3) is 0.455. The molecule has 0 unspecified atom stereocenters. The number of hydrogen-bond acceptors (Lipinski definition) is 4. The lowest BCUT2D eigenvalue weighted by molar-refractivity contribution is 0.142. The van der Waals surface area contributed by atoms with E-state index in [1.54, 1.807) is 25.3 Å². The topological polar surface area (TPSA) is 71.1 Å². The Morgan fingerprint density at radius 1 is 1.38 bits per heavy atom. The van der Waals surface area contributed by atoms with Crippen molar-refractivity contribution in [1.29, 1.82) is 10.8 Å². The smallest absolute Gasteiger partial charge is 0.200 e. The van der Waals surface area contributed by atoms with Crippen LogP contribution in [0.25, 0.3) is 0 Å². The molecule has 5 heteroatoms. The Bertz CT molecular complexity index is 412. The van der Waals surface area contributed by atoms with Crippen LogP contribution < -0.4 is 10.2 Å². The molecule has 0 radical (unpaired) electrons. The molecule has 0 saturated carbocycles. The highest BCUT2D eigenvalue weighted by Gasteiger charge is 2.05. The SMILES string of the molecule is CCC(=N)n1c(OCCOC)cccc1=N. The minimum Gasteiger partial charge on any atom is -0.476 e. The lowest BCUT2D eigenvalue weighted by Gasteiger charge is -2.14. The van der Waals surface area contributed by atoms with Gasteiger partial charge in [0.15, 0.2) is 0 Å². The highest BCUT2D eigenvalue weighted by molar-refractivity contribution is 5.82. The molecular weight excluding hydrogens is 206 g/mol. The number of nitrogens with zero attached hydrogens (tertiary/aromatic N) is 1. The number of hydrogen-bond donors (Lipinski definition) is 2. The van der Waals surface area contributed by atoms with Crippen LogP contribution in [0.3, 0.4) is 0 Å². The minimum absolute atomic E-state index is 0.252. The Kier molecular flexibility index (Phi) is 4.72. The van der Waals surface area contributed by atoms with E-state index in [1.165, 1.54) is 4.57 Å². The monoisotopic (exact) mass is 223 g/mol. The van der Waals surface area contributed by atoms with Gasteiger partial charge < -0.3 is 9.47 Å². The van der Waals surface area contributed by atoms with Crippen molar-refractivity contribution in [2.45, 2.75) is 13.3 Å². The fourth-order valence-electron chi connectivity index (χ4n) is 1.27. The van der Waals surface area contributed by atoms with Crippen LogP contribution in [0.1, 0.15) is 13.3 Å². The van der Waals surface area contributed by atoms with Gasteiger partial charge in [0.05, 0.1) is 6.61 Å². The predicted octanol–water partition coefficient (Wildman–Crippen LogP) is 1.23. The summed E-state index contributed by atoms with van der Waals surface area (Å²) in [5.41, 5.74) is 0.252.